The molecule has 1 aromatic rings. The number of benzene rings is 1. The van der Waals surface area contributed by atoms with Crippen molar-refractivity contribution in [3.63, 3.8) is 0 Å². The van der Waals surface area contributed by atoms with Crippen LogP contribution in [0.2, 0.25) is 0 Å². The minimum absolute atomic E-state index is 0.326. The van der Waals surface area contributed by atoms with Crippen LogP contribution in [0, 0.1) is 33.3 Å². The van der Waals surface area contributed by atoms with Crippen molar-refractivity contribution in [3.8, 4) is 11.5 Å². The molecule has 0 amide bonds. The summed E-state index contributed by atoms with van der Waals surface area (Å²) in [5, 5.41) is 0. The Morgan fingerprint density at radius 2 is 1.15 bits per heavy atom. The molecule has 1 heterocycles. The van der Waals surface area contributed by atoms with Gasteiger partial charge in [-0.05, 0) is 0 Å². The Morgan fingerprint density at radius 1 is 0.808 bits per heavy atom. The number of rotatable bonds is 1. The number of hydrogen-bond acceptors (Lipinski definition) is 2. The maximum atomic E-state index is 7.50. The fourth-order valence-electron chi connectivity index (χ4n) is 0.960. The van der Waals surface area contributed by atoms with E-state index in [1.54, 1.807) is 0 Å². The molecule has 138 valence electrons. The van der Waals surface area contributed by atoms with Crippen LogP contribution in [0.15, 0.2) is 18.2 Å². The van der Waals surface area contributed by atoms with Crippen LogP contribution in [0.1, 0.15) is 5.56 Å². The fraction of sp³-hybridized carbons (Fsp3) is 0.294. The molecule has 8 nitrogen and oxygen atoms in total. The molecule has 0 spiro atoms. The van der Waals surface area contributed by atoms with Gasteiger partial charge in [0.25, 0.3) is 0 Å². The van der Waals surface area contributed by atoms with Gasteiger partial charge in [0.2, 0.25) is 0 Å². The van der Waals surface area contributed by atoms with Gasteiger partial charge in [-0.15, -0.1) is 0 Å². The van der Waals surface area contributed by atoms with E-state index in [1.165, 1.54) is 0 Å². The second-order valence-electron chi connectivity index (χ2n) is 4.85. The Labute approximate surface area is 161 Å². The maximum absolute atomic E-state index is 7.50. The van der Waals surface area contributed by atoms with Crippen LogP contribution in [-0.2, 0) is 39.1 Å². The van der Waals surface area contributed by atoms with Crippen LogP contribution >= 0.6 is 0 Å². The number of hydrogen-bond donors (Lipinski definition) is 0. The first kappa shape index (κ1) is 35.1. The second kappa shape index (κ2) is 27.7. The molecule has 1 aliphatic rings. The molecule has 1 aromatic carbocycles. The topological polar surface area (TPSA) is 118 Å². The van der Waals surface area contributed by atoms with E-state index >= 15 is 0 Å². The molecule has 0 radical (unpaired) electrons. The Kier molecular flexibility index (Phi) is 37.4. The third kappa shape index (κ3) is 26.8. The van der Waals surface area contributed by atoms with Crippen molar-refractivity contribution in [1.29, 1.82) is 0 Å². The van der Waals surface area contributed by atoms with Crippen LogP contribution in [0.25, 0.3) is 0 Å². The van der Waals surface area contributed by atoms with Crippen LogP contribution in [0.4, 0.5) is 0 Å². The molecule has 0 aliphatic carbocycles. The monoisotopic (exact) mass is 399 g/mol. The quantitative estimate of drug-likeness (QED) is 0.400. The van der Waals surface area contributed by atoms with E-state index in [1.807, 2.05) is 18.2 Å². The number of quaternary nitrogens is 1. The fourth-order valence-corrected chi connectivity index (χ4v) is 1.16. The first-order valence-corrected chi connectivity index (χ1v) is 6.62. The molecule has 0 saturated heterocycles. The van der Waals surface area contributed by atoms with Gasteiger partial charge < -0.3 is 4.48 Å². The van der Waals surface area contributed by atoms with E-state index in [0.717, 1.165) is 21.5 Å². The van der Waals surface area contributed by atoms with Gasteiger partial charge in [-0.3, -0.25) is 0 Å². The second-order valence-corrected chi connectivity index (χ2v) is 5.17. The molecule has 0 N–H and O–H groups in total. The molecule has 0 unspecified atom stereocenters. The summed E-state index contributed by atoms with van der Waals surface area (Å²) in [5.41, 5.74) is 0.981. The predicted molar refractivity (Wildman–Crippen MR) is 80.3 cm³/mol. The molecule has 9 heteroatoms. The number of fused-ring (bicyclic) bond motifs is 1. The van der Waals surface area contributed by atoms with E-state index in [9.17, 15) is 0 Å². The Hall–Kier alpha value is -2.12. The summed E-state index contributed by atoms with van der Waals surface area (Å²) in [6.07, 6.45) is 0. The van der Waals surface area contributed by atoms with Gasteiger partial charge in [0.05, 0.1) is 28.2 Å². The van der Waals surface area contributed by atoms with Crippen molar-refractivity contribution < 1.29 is 53.1 Å². The zero-order chi connectivity index (χ0) is 22.2. The summed E-state index contributed by atoms with van der Waals surface area (Å²) in [5.74, 6) is 1.61. The normalized spacial score (nSPS) is 8.23. The van der Waals surface area contributed by atoms with Crippen molar-refractivity contribution in [1.82, 2.24) is 0 Å². The van der Waals surface area contributed by atoms with Crippen molar-refractivity contribution in [2.75, 3.05) is 35.0 Å². The van der Waals surface area contributed by atoms with Crippen LogP contribution in [0.3, 0.4) is 0 Å². The molecule has 0 fully saturated rings. The van der Waals surface area contributed by atoms with Gasteiger partial charge in [0.15, 0.2) is 0 Å². The van der Waals surface area contributed by atoms with Gasteiger partial charge in [0, 0.05) is 0 Å². The first-order valence-electron chi connectivity index (χ1n) is 5.99. The van der Waals surface area contributed by atoms with Gasteiger partial charge in [-0.25, -0.2) is 0 Å². The molecule has 0 bridgehead atoms. The van der Waals surface area contributed by atoms with Gasteiger partial charge in [0.1, 0.15) is 0 Å². The third-order valence-corrected chi connectivity index (χ3v) is 1.86. The van der Waals surface area contributed by atoms with E-state index in [0.29, 0.717) is 6.79 Å². The predicted octanol–water partition coefficient (Wildman–Crippen LogP) is 1.12. The average Bonchev–Trinajstić information content (AvgIpc) is 3.16. The molecule has 0 saturated carbocycles. The molecular formula is C17H17CrNO7. The van der Waals surface area contributed by atoms with Crippen molar-refractivity contribution in [3.05, 3.63) is 57.0 Å². The van der Waals surface area contributed by atoms with E-state index in [2.05, 4.69) is 82.2 Å². The number of nitrogens with zero attached hydrogens (tertiary/aromatic N) is 1. The molecule has 0 atom stereocenters. The van der Waals surface area contributed by atoms with E-state index in [4.69, 9.17) is 32.7 Å². The molecule has 2 rings (SSSR count). The standard InChI is InChI=1S/C8H5O2.C4H12N.5CO.Cr/c1-6-2-3-7-8(4-6)10-5-9-7;1-5(2,3)4;5*1-2;/h2-4H,5H2;1-4H3;;;;;;/q-1;+1;;;;;;. The summed E-state index contributed by atoms with van der Waals surface area (Å²) in [7, 11) is 8.50. The average molecular weight is 399 g/mol. The Bertz CT molecular complexity index is 528. The van der Waals surface area contributed by atoms with Crippen molar-refractivity contribution >= 4 is 4.88 Å². The SMILES string of the molecule is C[N+](C)(C)C.[C-]#[O+].[C-]#[O+].[C-]#[O+].[C-]#[O+].[C-]#[O+].[Cr]=[C-]c1ccc2c(c1)OCO2. The Balaban J connectivity index is -0.0000000839. The Morgan fingerprint density at radius 3 is 1.50 bits per heavy atom. The minimum atomic E-state index is 0.326. The van der Waals surface area contributed by atoms with Gasteiger partial charge >= 0.3 is 129 Å². The summed E-state index contributed by atoms with van der Waals surface area (Å²) in [6, 6.07) is 5.69. The molecule has 0 aromatic heterocycles. The van der Waals surface area contributed by atoms with Crippen LogP contribution in [0.5, 0.6) is 11.5 Å². The third-order valence-electron chi connectivity index (χ3n) is 1.49. The van der Waals surface area contributed by atoms with Crippen LogP contribution in [-0.4, -0.2) is 44.3 Å². The summed E-state index contributed by atoms with van der Waals surface area (Å²) in [6.45, 7) is 22.8. The van der Waals surface area contributed by atoms with Crippen molar-refractivity contribution in [2.24, 2.45) is 0 Å². The summed E-state index contributed by atoms with van der Waals surface area (Å²) < 4.78 is 48.8. The first-order chi connectivity index (χ1) is 12.4. The summed E-state index contributed by atoms with van der Waals surface area (Å²) >= 11 is 2.70. The molecule has 1 aliphatic heterocycles. The van der Waals surface area contributed by atoms with Gasteiger partial charge in [-0.2, -0.15) is 0 Å². The van der Waals surface area contributed by atoms with Crippen molar-refractivity contribution in [2.45, 2.75) is 0 Å². The molecular weight excluding hydrogens is 382 g/mol. The number of ether oxygens (including phenoxy) is 2. The zero-order valence-electron chi connectivity index (χ0n) is 14.7. The zero-order valence-corrected chi connectivity index (χ0v) is 15.9. The van der Waals surface area contributed by atoms with E-state index in [-0.39, 0.29) is 0 Å². The summed E-state index contributed by atoms with van der Waals surface area (Å²) in [4.78, 5) is 2.90. The van der Waals surface area contributed by atoms with Gasteiger partial charge in [-0.1, -0.05) is 0 Å². The van der Waals surface area contributed by atoms with E-state index < -0.39 is 0 Å². The van der Waals surface area contributed by atoms with Crippen LogP contribution < -0.4 is 9.47 Å². The molecule has 26 heavy (non-hydrogen) atoms.